The molecule has 3 N–H and O–H groups in total. The normalized spacial score (nSPS) is 17.7. The Morgan fingerprint density at radius 3 is 2.67 bits per heavy atom. The molecule has 0 saturated heterocycles. The van der Waals surface area contributed by atoms with Crippen LogP contribution in [0.2, 0.25) is 0 Å². The van der Waals surface area contributed by atoms with Crippen LogP contribution in [-0.2, 0) is 0 Å². The van der Waals surface area contributed by atoms with E-state index in [4.69, 9.17) is 5.73 Å². The van der Waals surface area contributed by atoms with Gasteiger partial charge in [0.05, 0.1) is 0 Å². The van der Waals surface area contributed by atoms with Gasteiger partial charge in [-0.05, 0) is 30.7 Å². The van der Waals surface area contributed by atoms with Gasteiger partial charge >= 0.3 is 12.3 Å². The summed E-state index contributed by atoms with van der Waals surface area (Å²) < 4.78 is 2.02. The minimum Gasteiger partial charge on any atom is -1.00 e. The lowest BCUT2D eigenvalue weighted by molar-refractivity contribution is -0.773. The Labute approximate surface area is 77.6 Å². The molecule has 1 saturated carbocycles. The van der Waals surface area contributed by atoms with Crippen molar-refractivity contribution < 1.29 is 17.1 Å². The smallest absolute Gasteiger partial charge is 0.344 e. The second-order valence-electron chi connectivity index (χ2n) is 3.09. The number of aromatic nitrogens is 3. The first-order chi connectivity index (χ1) is 5.36. The molecule has 68 valence electrons. The van der Waals surface area contributed by atoms with Crippen molar-refractivity contribution in [1.29, 1.82) is 0 Å². The van der Waals surface area contributed by atoms with E-state index in [1.54, 1.807) is 6.33 Å². The summed E-state index contributed by atoms with van der Waals surface area (Å²) >= 11 is 0. The molecular formula is C7H13ClN4. The lowest BCUT2D eigenvalue weighted by atomic mass is 10.3. The molecule has 0 amide bonds. The predicted molar refractivity (Wildman–Crippen MR) is 40.7 cm³/mol. The van der Waals surface area contributed by atoms with Crippen molar-refractivity contribution in [3.05, 3.63) is 6.33 Å². The molecule has 0 aliphatic heterocycles. The van der Waals surface area contributed by atoms with Crippen LogP contribution < -0.4 is 22.8 Å². The van der Waals surface area contributed by atoms with Gasteiger partial charge in [-0.1, -0.05) is 0 Å². The first-order valence-electron chi connectivity index (χ1n) is 4.08. The van der Waals surface area contributed by atoms with E-state index in [0.29, 0.717) is 12.0 Å². The average molecular weight is 189 g/mol. The number of hydrogen-bond donors (Lipinski definition) is 2. The third-order valence-electron chi connectivity index (χ3n) is 2.28. The van der Waals surface area contributed by atoms with E-state index in [-0.39, 0.29) is 12.4 Å². The molecule has 5 heteroatoms. The molecule has 1 aromatic rings. The maximum Gasteiger partial charge on any atom is 0.344 e. The number of rotatable bonds is 1. The molecule has 12 heavy (non-hydrogen) atoms. The Morgan fingerprint density at radius 1 is 1.50 bits per heavy atom. The Balaban J connectivity index is 0.000000720. The van der Waals surface area contributed by atoms with Crippen LogP contribution in [0, 0.1) is 0 Å². The molecule has 1 fully saturated rings. The van der Waals surface area contributed by atoms with Crippen molar-refractivity contribution in [2.24, 2.45) is 0 Å². The molecule has 0 unspecified atom stereocenters. The number of H-pyrrole nitrogens is 1. The summed E-state index contributed by atoms with van der Waals surface area (Å²) in [6.07, 6.45) is 6.96. The van der Waals surface area contributed by atoms with Crippen LogP contribution in [0.3, 0.4) is 0 Å². The lowest BCUT2D eigenvalue weighted by Crippen LogP contribution is -3.00. The number of anilines is 1. The largest absolute Gasteiger partial charge is 1.00 e. The first kappa shape index (κ1) is 9.32. The van der Waals surface area contributed by atoms with Crippen molar-refractivity contribution in [2.45, 2.75) is 31.7 Å². The third kappa shape index (κ3) is 1.69. The Hall–Kier alpha value is -0.770. The summed E-state index contributed by atoms with van der Waals surface area (Å²) in [6.45, 7) is 0. The molecular weight excluding hydrogens is 176 g/mol. The number of nitrogens with one attached hydrogen (secondary N) is 1. The number of halogens is 1. The second-order valence-corrected chi connectivity index (χ2v) is 3.09. The molecule has 0 radical (unpaired) electrons. The molecule has 1 aliphatic carbocycles. The van der Waals surface area contributed by atoms with Crippen molar-refractivity contribution >= 4 is 5.95 Å². The van der Waals surface area contributed by atoms with Gasteiger partial charge in [0.25, 0.3) is 0 Å². The molecule has 0 spiro atoms. The van der Waals surface area contributed by atoms with E-state index >= 15 is 0 Å². The zero-order valence-electron chi connectivity index (χ0n) is 6.83. The zero-order chi connectivity index (χ0) is 7.68. The lowest BCUT2D eigenvalue weighted by Gasteiger charge is -2.00. The number of nitrogens with zero attached hydrogens (tertiary/aromatic N) is 2. The van der Waals surface area contributed by atoms with E-state index in [2.05, 4.69) is 10.1 Å². The van der Waals surface area contributed by atoms with Gasteiger partial charge in [0.1, 0.15) is 6.04 Å². The van der Waals surface area contributed by atoms with Crippen LogP contribution in [0.25, 0.3) is 0 Å². The number of hydrogen-bond acceptors (Lipinski definition) is 2. The van der Waals surface area contributed by atoms with Crippen LogP contribution in [0.5, 0.6) is 0 Å². The van der Waals surface area contributed by atoms with Gasteiger partial charge in [0, 0.05) is 0 Å². The van der Waals surface area contributed by atoms with E-state index in [9.17, 15) is 0 Å². The highest BCUT2D eigenvalue weighted by atomic mass is 35.5. The fourth-order valence-corrected chi connectivity index (χ4v) is 1.68. The average Bonchev–Trinajstić information content (AvgIpc) is 2.55. The second kappa shape index (κ2) is 3.76. The summed E-state index contributed by atoms with van der Waals surface area (Å²) in [5.41, 5.74) is 5.46. The monoisotopic (exact) mass is 188 g/mol. The molecule has 2 rings (SSSR count). The number of aromatic amines is 1. The van der Waals surface area contributed by atoms with Crippen molar-refractivity contribution in [3.63, 3.8) is 0 Å². The highest BCUT2D eigenvalue weighted by Gasteiger charge is 2.22. The maximum atomic E-state index is 5.46. The number of nitrogen functional groups attached to an aromatic ring is 1. The van der Waals surface area contributed by atoms with Crippen LogP contribution in [0.1, 0.15) is 31.7 Å². The molecule has 1 heterocycles. The zero-order valence-corrected chi connectivity index (χ0v) is 7.59. The first-order valence-corrected chi connectivity index (χ1v) is 4.08. The van der Waals surface area contributed by atoms with E-state index in [0.717, 1.165) is 0 Å². The minimum absolute atomic E-state index is 0. The van der Waals surface area contributed by atoms with Gasteiger partial charge in [-0.25, -0.2) is 0 Å². The highest BCUT2D eigenvalue weighted by molar-refractivity contribution is 5.06. The fraction of sp³-hybridized carbons (Fsp3) is 0.714. The van der Waals surface area contributed by atoms with Crippen LogP contribution in [0.4, 0.5) is 5.95 Å². The maximum absolute atomic E-state index is 5.46. The predicted octanol–water partition coefficient (Wildman–Crippen LogP) is -2.60. The van der Waals surface area contributed by atoms with Crippen molar-refractivity contribution in [2.75, 3.05) is 5.73 Å². The molecule has 4 nitrogen and oxygen atoms in total. The van der Waals surface area contributed by atoms with E-state index < -0.39 is 0 Å². The molecule has 0 bridgehead atoms. The molecule has 0 atom stereocenters. The summed E-state index contributed by atoms with van der Waals surface area (Å²) in [5, 5.41) is 3.00. The third-order valence-corrected chi connectivity index (χ3v) is 2.28. The SMILES string of the molecule is Nc1nc[n+](C2CCCC2)[nH]1.[Cl-]. The van der Waals surface area contributed by atoms with Gasteiger partial charge in [0.2, 0.25) is 0 Å². The minimum atomic E-state index is 0. The van der Waals surface area contributed by atoms with Crippen molar-refractivity contribution in [3.8, 4) is 0 Å². The quantitative estimate of drug-likeness (QED) is 0.475. The van der Waals surface area contributed by atoms with E-state index in [1.165, 1.54) is 25.7 Å². The molecule has 1 aliphatic rings. The summed E-state index contributed by atoms with van der Waals surface area (Å²) in [7, 11) is 0. The summed E-state index contributed by atoms with van der Waals surface area (Å²) in [6, 6.07) is 0.611. The molecule has 1 aromatic heterocycles. The van der Waals surface area contributed by atoms with Crippen LogP contribution >= 0.6 is 0 Å². The Bertz CT molecular complexity index is 241. The number of nitrogens with two attached hydrogens (primary N) is 1. The van der Waals surface area contributed by atoms with Crippen LogP contribution in [0.15, 0.2) is 6.33 Å². The van der Waals surface area contributed by atoms with Gasteiger partial charge in [-0.3, -0.25) is 0 Å². The Kier molecular flexibility index (Phi) is 2.92. The van der Waals surface area contributed by atoms with Crippen LogP contribution in [-0.4, -0.2) is 10.1 Å². The van der Waals surface area contributed by atoms with Gasteiger partial charge in [0.15, 0.2) is 0 Å². The topological polar surface area (TPSA) is 58.6 Å². The highest BCUT2D eigenvalue weighted by Crippen LogP contribution is 2.23. The Morgan fingerprint density at radius 2 is 2.17 bits per heavy atom. The van der Waals surface area contributed by atoms with Gasteiger partial charge < -0.3 is 18.1 Å². The van der Waals surface area contributed by atoms with Gasteiger partial charge in [-0.2, -0.15) is 9.78 Å². The standard InChI is InChI=1S/C7H12N4.ClH/c8-7-9-5-11(10-7)6-3-1-2-4-6;/h5-6H,1-4H2,(H2,8,10);1H. The fourth-order valence-electron chi connectivity index (χ4n) is 1.68. The summed E-state index contributed by atoms with van der Waals surface area (Å²) in [5.74, 6) is 0.511. The summed E-state index contributed by atoms with van der Waals surface area (Å²) in [4.78, 5) is 3.95. The molecule has 0 aromatic carbocycles. The van der Waals surface area contributed by atoms with E-state index in [1.807, 2.05) is 4.68 Å². The van der Waals surface area contributed by atoms with Gasteiger partial charge in [-0.15, -0.1) is 0 Å². The van der Waals surface area contributed by atoms with Crippen molar-refractivity contribution in [1.82, 2.24) is 10.1 Å².